The van der Waals surface area contributed by atoms with E-state index >= 15 is 0 Å². The molecule has 1 aliphatic rings. The first-order chi connectivity index (χ1) is 5.22. The summed E-state index contributed by atoms with van der Waals surface area (Å²) in [5.74, 6) is 0. The van der Waals surface area contributed by atoms with E-state index in [9.17, 15) is 0 Å². The summed E-state index contributed by atoms with van der Waals surface area (Å²) in [6.45, 7) is 0. The van der Waals surface area contributed by atoms with E-state index in [2.05, 4.69) is 0 Å². The number of rotatable bonds is 0. The summed E-state index contributed by atoms with van der Waals surface area (Å²) in [4.78, 5) is 0. The normalized spacial score (nSPS) is 30.9. The van der Waals surface area contributed by atoms with Gasteiger partial charge in [0.15, 0.2) is 0 Å². The first kappa shape index (κ1) is 12.2. The number of hydrogen-bond acceptors (Lipinski definition) is 0. The molecule has 1 fully saturated rings. The molecule has 70 valence electrons. The molecule has 0 bridgehead atoms. The Hall–Kier alpha value is 1.19. The van der Waals surface area contributed by atoms with Crippen LogP contribution in [0.3, 0.4) is 0 Å². The third kappa shape index (κ3) is 6.36. The monoisotopic (exact) mass is 377 g/mol. The van der Waals surface area contributed by atoms with Crippen LogP contribution in [0.25, 0.3) is 11.5 Å². The zero-order valence-corrected chi connectivity index (χ0v) is 9.84. The smallest absolute Gasteiger partial charge is 0.0548 e. The second kappa shape index (κ2) is 7.82. The molecule has 0 heterocycles. The molecule has 11 heavy (non-hydrogen) atoms. The fourth-order valence-corrected chi connectivity index (χ4v) is 1.13. The molecular formula is C6H12Cl2N2Pt. The van der Waals surface area contributed by atoms with Crippen LogP contribution in [0.4, 0.5) is 0 Å². The van der Waals surface area contributed by atoms with Gasteiger partial charge >= 0.3 is 35.3 Å². The Morgan fingerprint density at radius 3 is 1.45 bits per heavy atom. The van der Waals surface area contributed by atoms with Crippen molar-refractivity contribution >= 4 is 18.8 Å². The van der Waals surface area contributed by atoms with E-state index in [-0.39, 0.29) is 12.1 Å². The summed E-state index contributed by atoms with van der Waals surface area (Å²) < 4.78 is 0. The summed E-state index contributed by atoms with van der Waals surface area (Å²) in [6, 6.07) is -0.160. The van der Waals surface area contributed by atoms with Crippen molar-refractivity contribution in [3.05, 3.63) is 11.5 Å². The van der Waals surface area contributed by atoms with Crippen LogP contribution in [0.1, 0.15) is 25.7 Å². The minimum atomic E-state index is -0.472. The van der Waals surface area contributed by atoms with Crippen molar-refractivity contribution < 1.29 is 16.5 Å². The molecule has 1 aliphatic carbocycles. The Morgan fingerprint density at radius 2 is 1.27 bits per heavy atom. The van der Waals surface area contributed by atoms with Crippen LogP contribution in [0.5, 0.6) is 0 Å². The van der Waals surface area contributed by atoms with Crippen LogP contribution in [0, 0.1) is 0 Å². The molecule has 0 saturated heterocycles. The largest absolute Gasteiger partial charge is 0.676 e. The van der Waals surface area contributed by atoms with Crippen molar-refractivity contribution in [3.63, 3.8) is 0 Å². The van der Waals surface area contributed by atoms with Crippen molar-refractivity contribution in [1.29, 1.82) is 0 Å². The van der Waals surface area contributed by atoms with Crippen LogP contribution in [0.15, 0.2) is 0 Å². The van der Waals surface area contributed by atoms with E-state index in [1.54, 1.807) is 0 Å². The molecular weight excluding hydrogens is 366 g/mol. The van der Waals surface area contributed by atoms with E-state index in [0.717, 1.165) is 12.8 Å². The van der Waals surface area contributed by atoms with E-state index in [0.29, 0.717) is 0 Å². The van der Waals surface area contributed by atoms with Crippen LogP contribution >= 0.6 is 18.8 Å². The third-order valence-corrected chi connectivity index (χ3v) is 1.77. The van der Waals surface area contributed by atoms with Crippen molar-refractivity contribution in [1.82, 2.24) is 0 Å². The number of hydrogen-bond donors (Lipinski definition) is 0. The van der Waals surface area contributed by atoms with E-state index in [4.69, 9.17) is 30.3 Å². The van der Waals surface area contributed by atoms with Gasteiger partial charge in [-0.25, -0.2) is 0 Å². The fourth-order valence-electron chi connectivity index (χ4n) is 1.13. The van der Waals surface area contributed by atoms with E-state index in [1.165, 1.54) is 12.8 Å². The molecule has 0 aromatic heterocycles. The molecule has 2 N–H and O–H groups in total. The van der Waals surface area contributed by atoms with Gasteiger partial charge in [-0.2, -0.15) is 12.1 Å². The summed E-state index contributed by atoms with van der Waals surface area (Å²) in [6.07, 6.45) is 4.25. The Bertz CT molecular complexity index is 84.7. The van der Waals surface area contributed by atoms with Crippen LogP contribution in [0.2, 0.25) is 0 Å². The predicted octanol–water partition coefficient (Wildman–Crippen LogP) is 3.78. The predicted molar refractivity (Wildman–Crippen MR) is 46.4 cm³/mol. The quantitative estimate of drug-likeness (QED) is 0.616. The summed E-state index contributed by atoms with van der Waals surface area (Å²) in [5.41, 5.74) is 14.6. The fraction of sp³-hybridized carbons (Fsp3) is 1.00. The first-order valence-corrected chi connectivity index (χ1v) is 9.10. The zero-order chi connectivity index (χ0) is 8.69. The topological polar surface area (TPSA) is 47.6 Å². The van der Waals surface area contributed by atoms with Gasteiger partial charge in [-0.1, -0.05) is 25.7 Å². The van der Waals surface area contributed by atoms with Crippen LogP contribution in [-0.4, -0.2) is 12.1 Å². The first-order valence-electron chi connectivity index (χ1n) is 3.47. The summed E-state index contributed by atoms with van der Waals surface area (Å²) in [7, 11) is 9.75. The van der Waals surface area contributed by atoms with Crippen LogP contribution < -0.4 is 0 Å². The standard InChI is InChI=1S/C6H12N2.2ClH.Pt/c7-5-3-1-2-4-6(5)8;;;/h5-8H,1-4H2;2*1H;/q-2;;;+4/p-2/t5-,6?;;;/m1.../s1. The Balaban J connectivity index is 0.000000292. The molecule has 0 aliphatic heterocycles. The number of halogens is 2. The maximum Gasteiger partial charge on any atom is -0.0548 e. The minimum Gasteiger partial charge on any atom is -0.676 e. The maximum atomic E-state index is 7.29. The second-order valence-corrected chi connectivity index (χ2v) is 5.83. The van der Waals surface area contributed by atoms with E-state index < -0.39 is 16.5 Å². The van der Waals surface area contributed by atoms with Gasteiger partial charge in [0.25, 0.3) is 0 Å². The summed E-state index contributed by atoms with van der Waals surface area (Å²) >= 11 is -0.472. The molecule has 0 spiro atoms. The Morgan fingerprint density at radius 1 is 1.00 bits per heavy atom. The Labute approximate surface area is 84.4 Å². The molecule has 1 saturated carbocycles. The van der Waals surface area contributed by atoms with Gasteiger partial charge in [0.2, 0.25) is 0 Å². The van der Waals surface area contributed by atoms with Gasteiger partial charge < -0.3 is 11.5 Å². The van der Waals surface area contributed by atoms with Gasteiger partial charge in [0.1, 0.15) is 0 Å². The molecule has 5 heteroatoms. The maximum absolute atomic E-state index is 7.29. The molecule has 0 radical (unpaired) electrons. The van der Waals surface area contributed by atoms with Gasteiger partial charge in [0, 0.05) is 0 Å². The van der Waals surface area contributed by atoms with Gasteiger partial charge in [0.05, 0.1) is 0 Å². The third-order valence-electron chi connectivity index (χ3n) is 1.77. The van der Waals surface area contributed by atoms with E-state index in [1.807, 2.05) is 0 Å². The molecule has 2 nitrogen and oxygen atoms in total. The average Bonchev–Trinajstić information content (AvgIpc) is 1.97. The average molecular weight is 378 g/mol. The summed E-state index contributed by atoms with van der Waals surface area (Å²) in [5, 5.41) is 0. The Kier molecular flexibility index (Phi) is 8.66. The SMILES string of the molecule is [Cl][Pt+2][Cl].[NH-]C1CCCC[C@H]1[NH-]. The number of nitrogens with one attached hydrogen (secondary N) is 2. The molecule has 0 aromatic rings. The molecule has 1 unspecified atom stereocenters. The van der Waals surface area contributed by atoms with Crippen molar-refractivity contribution in [2.45, 2.75) is 37.8 Å². The molecule has 0 amide bonds. The van der Waals surface area contributed by atoms with Gasteiger partial charge in [-0.3, -0.25) is 0 Å². The molecule has 1 rings (SSSR count). The van der Waals surface area contributed by atoms with Crippen molar-refractivity contribution in [3.8, 4) is 0 Å². The zero-order valence-electron chi connectivity index (χ0n) is 6.06. The second-order valence-electron chi connectivity index (χ2n) is 2.54. The van der Waals surface area contributed by atoms with Crippen molar-refractivity contribution in [2.75, 3.05) is 0 Å². The minimum absolute atomic E-state index is 0.0799. The van der Waals surface area contributed by atoms with Crippen molar-refractivity contribution in [2.24, 2.45) is 0 Å². The molecule has 2 atom stereocenters. The molecule has 0 aromatic carbocycles. The van der Waals surface area contributed by atoms with Gasteiger partial charge in [-0.15, -0.1) is 0 Å². The van der Waals surface area contributed by atoms with Gasteiger partial charge in [-0.05, 0) is 0 Å². The van der Waals surface area contributed by atoms with Crippen LogP contribution in [-0.2, 0) is 16.5 Å².